The lowest BCUT2D eigenvalue weighted by Crippen LogP contribution is -2.68. The van der Waals surface area contributed by atoms with Gasteiger partial charge in [-0.1, -0.05) is 43.3 Å². The normalized spacial score (nSPS) is 40.3. The Morgan fingerprint density at radius 3 is 2.60 bits per heavy atom. The second kappa shape index (κ2) is 10.7. The summed E-state index contributed by atoms with van der Waals surface area (Å²) in [5.41, 5.74) is -0.894. The van der Waals surface area contributed by atoms with Gasteiger partial charge in [0, 0.05) is 36.6 Å². The van der Waals surface area contributed by atoms with E-state index < -0.39 is 70.6 Å². The third kappa shape index (κ3) is 4.54. The minimum absolute atomic E-state index is 0.0217. The van der Waals surface area contributed by atoms with Gasteiger partial charge in [0.25, 0.3) is 0 Å². The molecular weight excluding hydrogens is 516 g/mol. The first-order valence-electron chi connectivity index (χ1n) is 14.3. The van der Waals surface area contributed by atoms with Crippen LogP contribution in [0.2, 0.25) is 0 Å². The zero-order valence-corrected chi connectivity index (χ0v) is 23.1. The van der Waals surface area contributed by atoms with Crippen LogP contribution in [0.25, 0.3) is 0 Å². The van der Waals surface area contributed by atoms with E-state index in [2.05, 4.69) is 5.73 Å². The Labute approximate surface area is 234 Å². The van der Waals surface area contributed by atoms with E-state index in [1.165, 1.54) is 24.1 Å². The van der Waals surface area contributed by atoms with Gasteiger partial charge in [-0.3, -0.25) is 9.59 Å². The van der Waals surface area contributed by atoms with E-state index in [0.29, 0.717) is 19.4 Å². The number of rotatable bonds is 8. The van der Waals surface area contributed by atoms with Crippen LogP contribution in [-0.2, 0) is 16.0 Å². The molecule has 3 fully saturated rings. The van der Waals surface area contributed by atoms with Crippen LogP contribution in [0.15, 0.2) is 59.9 Å². The number of aliphatic hydroxyl groups is 2. The van der Waals surface area contributed by atoms with Crippen molar-refractivity contribution >= 4 is 11.6 Å². The maximum atomic E-state index is 17.5. The lowest BCUT2D eigenvalue weighted by molar-refractivity contribution is -0.201. The zero-order valence-electron chi connectivity index (χ0n) is 23.1. The van der Waals surface area contributed by atoms with Gasteiger partial charge in [0.15, 0.2) is 17.2 Å². The van der Waals surface area contributed by atoms with Gasteiger partial charge in [-0.05, 0) is 67.9 Å². The van der Waals surface area contributed by atoms with Gasteiger partial charge in [0.1, 0.15) is 12.8 Å². The van der Waals surface area contributed by atoms with Gasteiger partial charge in [0.05, 0.1) is 11.5 Å². The van der Waals surface area contributed by atoms with Crippen molar-refractivity contribution in [3.8, 4) is 0 Å². The summed E-state index contributed by atoms with van der Waals surface area (Å²) < 4.78 is 33.3. The Kier molecular flexibility index (Phi) is 7.79. The van der Waals surface area contributed by atoms with Gasteiger partial charge < -0.3 is 15.4 Å². The second-order valence-electron chi connectivity index (χ2n) is 12.7. The predicted molar refractivity (Wildman–Crippen MR) is 145 cm³/mol. The molecular formula is C32H39F2NO5. The molecule has 4 aliphatic carbocycles. The van der Waals surface area contributed by atoms with Crippen molar-refractivity contribution in [2.45, 2.75) is 63.9 Å². The van der Waals surface area contributed by atoms with Crippen molar-refractivity contribution in [2.24, 2.45) is 34.5 Å². The highest BCUT2D eigenvalue weighted by Gasteiger charge is 2.73. The van der Waals surface area contributed by atoms with Crippen molar-refractivity contribution in [1.82, 2.24) is 5.06 Å². The number of aliphatic hydroxyl groups excluding tert-OH is 2. The molecule has 0 radical (unpaired) electrons. The molecule has 9 atom stereocenters. The van der Waals surface area contributed by atoms with E-state index in [4.69, 9.17) is 0 Å². The predicted octanol–water partition coefficient (Wildman–Crippen LogP) is 4.19. The summed E-state index contributed by atoms with van der Waals surface area (Å²) in [6.45, 7) is 3.18. The third-order valence-electron chi connectivity index (χ3n) is 10.5. The standard InChI is InChI=1S/C32H39F2NO5/c1-30-17-28(39)32(34)25(16-26(33)23-11-10-22(37)12-13-31(23,32)2)24(30)15-21(29(30)27(38)19-36)18-35(40)14-6-9-20-7-4-3-5-8-20/h3-5,7-8,10,12-13,21,24-26,28-29,36,39-40H,6,9,14-19H2,1-2H3. The quantitative estimate of drug-likeness (QED) is 0.329. The van der Waals surface area contributed by atoms with Crippen molar-refractivity contribution in [3.05, 3.63) is 65.4 Å². The highest BCUT2D eigenvalue weighted by Crippen LogP contribution is 2.69. The van der Waals surface area contributed by atoms with E-state index in [-0.39, 0.29) is 25.0 Å². The molecule has 0 spiro atoms. The molecule has 0 heterocycles. The minimum atomic E-state index is -2.28. The molecule has 4 aliphatic rings. The average Bonchev–Trinajstić information content (AvgIpc) is 3.09. The van der Waals surface area contributed by atoms with Crippen LogP contribution in [0, 0.1) is 34.5 Å². The van der Waals surface area contributed by atoms with Crippen LogP contribution in [-0.4, -0.2) is 69.7 Å². The van der Waals surface area contributed by atoms with Crippen LogP contribution in [0.1, 0.15) is 45.1 Å². The largest absolute Gasteiger partial charge is 0.390 e. The molecule has 0 aromatic heterocycles. The summed E-state index contributed by atoms with van der Waals surface area (Å²) in [6, 6.07) is 9.91. The molecule has 0 amide bonds. The maximum Gasteiger partial charge on any atom is 0.186 e. The van der Waals surface area contributed by atoms with E-state index in [0.717, 1.165) is 18.1 Å². The highest BCUT2D eigenvalue weighted by molar-refractivity contribution is 5.99. The molecule has 0 saturated heterocycles. The molecule has 1 aromatic carbocycles. The number of nitrogens with zero attached hydrogens (tertiary/aromatic N) is 1. The zero-order chi connectivity index (χ0) is 28.9. The van der Waals surface area contributed by atoms with Gasteiger partial charge in [-0.15, -0.1) is 5.73 Å². The van der Waals surface area contributed by atoms with Crippen LogP contribution in [0.4, 0.5) is 8.78 Å². The number of carbonyl (C=O) groups excluding carboxylic acids is 2. The van der Waals surface area contributed by atoms with Crippen molar-refractivity contribution in [1.29, 1.82) is 0 Å². The molecule has 0 aliphatic heterocycles. The van der Waals surface area contributed by atoms with Crippen molar-refractivity contribution in [3.63, 3.8) is 0 Å². The molecule has 8 heteroatoms. The fourth-order valence-electron chi connectivity index (χ4n) is 8.73. The summed E-state index contributed by atoms with van der Waals surface area (Å²) in [6.07, 6.45) is 2.16. The Morgan fingerprint density at radius 2 is 1.90 bits per heavy atom. The summed E-state index contributed by atoms with van der Waals surface area (Å²) >= 11 is 0. The number of ketones is 2. The molecule has 216 valence electrons. The van der Waals surface area contributed by atoms with Crippen LogP contribution in [0.5, 0.6) is 0 Å². The third-order valence-corrected chi connectivity index (χ3v) is 10.5. The number of carbonyl (C=O) groups is 2. The molecule has 9 unspecified atom stereocenters. The monoisotopic (exact) mass is 555 g/mol. The summed E-state index contributed by atoms with van der Waals surface area (Å²) in [7, 11) is 0. The van der Waals surface area contributed by atoms with Crippen LogP contribution >= 0.6 is 0 Å². The summed E-state index contributed by atoms with van der Waals surface area (Å²) in [5.74, 6) is -3.37. The minimum Gasteiger partial charge on any atom is -0.390 e. The number of allylic oxidation sites excluding steroid dienone is 3. The van der Waals surface area contributed by atoms with Gasteiger partial charge in [-0.25, -0.2) is 8.78 Å². The highest BCUT2D eigenvalue weighted by atomic mass is 19.1. The molecule has 3 N–H and O–H groups in total. The molecule has 0 bridgehead atoms. The molecule has 3 saturated carbocycles. The Morgan fingerprint density at radius 1 is 1.18 bits per heavy atom. The molecule has 5 rings (SSSR count). The van der Waals surface area contributed by atoms with E-state index in [1.807, 2.05) is 37.3 Å². The topological polar surface area (TPSA) is 98.1 Å². The van der Waals surface area contributed by atoms with E-state index >= 15 is 8.78 Å². The first-order valence-corrected chi connectivity index (χ1v) is 14.3. The Bertz CT molecular complexity index is 1240. The summed E-state index contributed by atoms with van der Waals surface area (Å²) in [5, 5.41) is 33.4. The van der Waals surface area contributed by atoms with Gasteiger partial charge in [-0.2, -0.15) is 5.06 Å². The van der Waals surface area contributed by atoms with Crippen molar-refractivity contribution < 1.29 is 33.8 Å². The number of Topliss-reactive ketones (excluding diaryl/α,β-unsaturated/α-hetero) is 1. The molecule has 40 heavy (non-hydrogen) atoms. The number of hydroxylamine groups is 2. The lowest BCUT2D eigenvalue weighted by Gasteiger charge is -2.61. The summed E-state index contributed by atoms with van der Waals surface area (Å²) in [4.78, 5) is 25.3. The second-order valence-corrected chi connectivity index (χ2v) is 12.7. The SMILES string of the molecule is CC12CC(O)C3(F)C(CC(F)C4=C=CC(=O)C=CC43C)C1CC(CN(O)CCCc1ccccc1)C2C(=O)CO. The first-order chi connectivity index (χ1) is 19.0. The Balaban J connectivity index is 1.43. The fourth-order valence-corrected chi connectivity index (χ4v) is 8.73. The number of aryl methyl sites for hydroxylation is 1. The number of alkyl halides is 2. The number of benzene rings is 1. The van der Waals surface area contributed by atoms with E-state index in [9.17, 15) is 25.0 Å². The van der Waals surface area contributed by atoms with Gasteiger partial charge in [0.2, 0.25) is 0 Å². The van der Waals surface area contributed by atoms with Crippen LogP contribution in [0.3, 0.4) is 0 Å². The van der Waals surface area contributed by atoms with Crippen LogP contribution < -0.4 is 0 Å². The smallest absolute Gasteiger partial charge is 0.186 e. The van der Waals surface area contributed by atoms with Crippen molar-refractivity contribution in [2.75, 3.05) is 19.7 Å². The Hall–Kier alpha value is -2.48. The van der Waals surface area contributed by atoms with E-state index in [1.54, 1.807) is 0 Å². The first kappa shape index (κ1) is 29.0. The number of hydrogen-bond donors (Lipinski definition) is 3. The molecule has 1 aromatic rings. The fraction of sp³-hybridized carbons (Fsp3) is 0.594. The number of hydrogen-bond acceptors (Lipinski definition) is 6. The number of halogens is 2. The average molecular weight is 556 g/mol. The van der Waals surface area contributed by atoms with Gasteiger partial charge >= 0.3 is 0 Å². The molecule has 6 nitrogen and oxygen atoms in total. The lowest BCUT2D eigenvalue weighted by atomic mass is 9.45. The maximum absolute atomic E-state index is 17.5. The number of fused-ring (bicyclic) bond motifs is 5.